The summed E-state index contributed by atoms with van der Waals surface area (Å²) in [7, 11) is 0. The third-order valence-electron chi connectivity index (χ3n) is 2.30. The van der Waals surface area contributed by atoms with E-state index >= 15 is 0 Å². The smallest absolute Gasteiger partial charge is 0.138 e. The van der Waals surface area contributed by atoms with E-state index in [0.717, 1.165) is 18.8 Å². The zero-order valence-corrected chi connectivity index (χ0v) is 8.49. The quantitative estimate of drug-likeness (QED) is 0.757. The first-order valence-corrected chi connectivity index (χ1v) is 4.68. The van der Waals surface area contributed by atoms with Gasteiger partial charge in [0.15, 0.2) is 0 Å². The lowest BCUT2D eigenvalue weighted by Crippen LogP contribution is -2.27. The molecule has 1 N–H and O–H groups in total. The Hall–Kier alpha value is -0.900. The predicted octanol–water partition coefficient (Wildman–Crippen LogP) is 1.00. The maximum atomic E-state index is 9.83. The number of aryl methyl sites for hydroxylation is 1. The van der Waals surface area contributed by atoms with E-state index in [1.54, 1.807) is 0 Å². The summed E-state index contributed by atoms with van der Waals surface area (Å²) in [4.78, 5) is 4.11. The Morgan fingerprint density at radius 3 is 2.77 bits per heavy atom. The average Bonchev–Trinajstić information content (AvgIpc) is 2.51. The summed E-state index contributed by atoms with van der Waals surface area (Å²) in [5, 5.41) is 13.9. The molecule has 0 aromatic carbocycles. The van der Waals surface area contributed by atoms with Crippen LogP contribution in [0.1, 0.15) is 33.0 Å². The van der Waals surface area contributed by atoms with Gasteiger partial charge in [-0.25, -0.2) is 4.98 Å². The molecule has 13 heavy (non-hydrogen) atoms. The van der Waals surface area contributed by atoms with Crippen LogP contribution in [0, 0.1) is 0 Å². The minimum absolute atomic E-state index is 0.567. The molecule has 1 unspecified atom stereocenters. The fraction of sp³-hybridized carbons (Fsp3) is 0.778. The number of hydrogen-bond donors (Lipinski definition) is 1. The van der Waals surface area contributed by atoms with E-state index in [9.17, 15) is 5.11 Å². The van der Waals surface area contributed by atoms with Gasteiger partial charge in [0.2, 0.25) is 0 Å². The fourth-order valence-electron chi connectivity index (χ4n) is 1.15. The molecule has 0 aliphatic carbocycles. The predicted molar refractivity (Wildman–Crippen MR) is 50.3 cm³/mol. The second-order valence-electron chi connectivity index (χ2n) is 3.52. The maximum absolute atomic E-state index is 9.83. The second-order valence-corrected chi connectivity index (χ2v) is 3.52. The van der Waals surface area contributed by atoms with E-state index in [2.05, 4.69) is 10.1 Å². The van der Waals surface area contributed by atoms with Gasteiger partial charge in [-0.05, 0) is 20.3 Å². The summed E-state index contributed by atoms with van der Waals surface area (Å²) in [6.45, 7) is 6.60. The maximum Gasteiger partial charge on any atom is 0.138 e. The van der Waals surface area contributed by atoms with Crippen LogP contribution in [0.5, 0.6) is 0 Å². The van der Waals surface area contributed by atoms with Crippen LogP contribution in [0.2, 0.25) is 0 Å². The minimum Gasteiger partial charge on any atom is -0.390 e. The number of aliphatic hydroxyl groups is 1. The van der Waals surface area contributed by atoms with E-state index in [1.165, 1.54) is 6.33 Å². The first-order chi connectivity index (χ1) is 6.09. The van der Waals surface area contributed by atoms with E-state index in [-0.39, 0.29) is 0 Å². The molecule has 0 saturated carbocycles. The molecule has 74 valence electrons. The molecule has 0 aliphatic heterocycles. The number of hydrogen-bond acceptors (Lipinski definition) is 3. The van der Waals surface area contributed by atoms with E-state index in [0.29, 0.717) is 6.42 Å². The van der Waals surface area contributed by atoms with Crippen molar-refractivity contribution in [2.45, 2.75) is 45.8 Å². The highest BCUT2D eigenvalue weighted by molar-refractivity contribution is 4.92. The first kappa shape index (κ1) is 10.2. The lowest BCUT2D eigenvalue weighted by molar-refractivity contribution is 0.0533. The van der Waals surface area contributed by atoms with Crippen LogP contribution in [0.3, 0.4) is 0 Å². The van der Waals surface area contributed by atoms with Gasteiger partial charge in [-0.2, -0.15) is 5.10 Å². The van der Waals surface area contributed by atoms with Crippen LogP contribution < -0.4 is 0 Å². The van der Waals surface area contributed by atoms with Crippen LogP contribution >= 0.6 is 0 Å². The lowest BCUT2D eigenvalue weighted by Gasteiger charge is -2.20. The zero-order chi connectivity index (χ0) is 9.90. The molecule has 1 atom stereocenters. The van der Waals surface area contributed by atoms with Gasteiger partial charge in [0.05, 0.1) is 5.60 Å². The third-order valence-corrected chi connectivity index (χ3v) is 2.30. The Labute approximate surface area is 78.6 Å². The largest absolute Gasteiger partial charge is 0.390 e. The molecule has 0 amide bonds. The first-order valence-electron chi connectivity index (χ1n) is 4.68. The van der Waals surface area contributed by atoms with Crippen molar-refractivity contribution in [3.63, 3.8) is 0 Å². The monoisotopic (exact) mass is 183 g/mol. The van der Waals surface area contributed by atoms with Crippen LogP contribution in [0.25, 0.3) is 0 Å². The highest BCUT2D eigenvalue weighted by Crippen LogP contribution is 2.14. The molecule has 0 saturated heterocycles. The van der Waals surface area contributed by atoms with Crippen molar-refractivity contribution in [3.05, 3.63) is 12.2 Å². The average molecular weight is 183 g/mol. The third kappa shape index (κ3) is 2.52. The molecule has 1 aromatic heterocycles. The summed E-state index contributed by atoms with van der Waals surface area (Å²) in [6.07, 6.45) is 2.82. The van der Waals surface area contributed by atoms with E-state index in [4.69, 9.17) is 0 Å². The van der Waals surface area contributed by atoms with Crippen LogP contribution in [-0.2, 0) is 13.0 Å². The van der Waals surface area contributed by atoms with Crippen LogP contribution in [-0.4, -0.2) is 25.5 Å². The molecule has 1 heterocycles. The molecular formula is C9H17N3O. The van der Waals surface area contributed by atoms with Crippen LogP contribution in [0.15, 0.2) is 6.33 Å². The molecule has 0 bridgehead atoms. The normalized spacial score (nSPS) is 15.7. The van der Waals surface area contributed by atoms with E-state index in [1.807, 2.05) is 25.5 Å². The highest BCUT2D eigenvalue weighted by atomic mass is 16.3. The Morgan fingerprint density at radius 1 is 1.54 bits per heavy atom. The van der Waals surface area contributed by atoms with Crippen molar-refractivity contribution in [3.8, 4) is 0 Å². The standard InChI is InChI=1S/C9H17N3O/c1-4-9(3,13)6-8-10-7-11-12(8)5-2/h7,13H,4-6H2,1-3H3. The van der Waals surface area contributed by atoms with Gasteiger partial charge in [-0.1, -0.05) is 6.92 Å². The molecule has 4 nitrogen and oxygen atoms in total. The highest BCUT2D eigenvalue weighted by Gasteiger charge is 2.20. The Kier molecular flexibility index (Phi) is 3.03. The fourth-order valence-corrected chi connectivity index (χ4v) is 1.15. The Balaban J connectivity index is 2.73. The SMILES string of the molecule is CCn1ncnc1CC(C)(O)CC. The van der Waals surface area contributed by atoms with Crippen molar-refractivity contribution in [1.29, 1.82) is 0 Å². The Bertz CT molecular complexity index is 268. The van der Waals surface area contributed by atoms with Gasteiger partial charge in [0.1, 0.15) is 12.2 Å². The summed E-state index contributed by atoms with van der Waals surface area (Å²) in [5.41, 5.74) is -0.667. The van der Waals surface area contributed by atoms with Gasteiger partial charge < -0.3 is 5.11 Å². The minimum atomic E-state index is -0.667. The van der Waals surface area contributed by atoms with Gasteiger partial charge in [0, 0.05) is 13.0 Å². The second kappa shape index (κ2) is 3.87. The summed E-state index contributed by atoms with van der Waals surface area (Å²) < 4.78 is 1.81. The summed E-state index contributed by atoms with van der Waals surface area (Å²) >= 11 is 0. The van der Waals surface area contributed by atoms with Gasteiger partial charge in [-0.15, -0.1) is 0 Å². The molecule has 0 radical (unpaired) electrons. The Morgan fingerprint density at radius 2 is 2.23 bits per heavy atom. The molecule has 0 spiro atoms. The molecule has 0 aliphatic rings. The summed E-state index contributed by atoms with van der Waals surface area (Å²) in [5.74, 6) is 0.856. The molecule has 1 aromatic rings. The number of nitrogens with zero attached hydrogens (tertiary/aromatic N) is 3. The molecule has 1 rings (SSSR count). The van der Waals surface area contributed by atoms with Crippen molar-refractivity contribution < 1.29 is 5.11 Å². The van der Waals surface area contributed by atoms with Crippen molar-refractivity contribution >= 4 is 0 Å². The van der Waals surface area contributed by atoms with Gasteiger partial charge in [0.25, 0.3) is 0 Å². The van der Waals surface area contributed by atoms with Gasteiger partial charge >= 0.3 is 0 Å². The molecular weight excluding hydrogens is 166 g/mol. The zero-order valence-electron chi connectivity index (χ0n) is 8.49. The van der Waals surface area contributed by atoms with Crippen molar-refractivity contribution in [2.75, 3.05) is 0 Å². The van der Waals surface area contributed by atoms with E-state index < -0.39 is 5.60 Å². The molecule has 4 heteroatoms. The van der Waals surface area contributed by atoms with Crippen LogP contribution in [0.4, 0.5) is 0 Å². The topological polar surface area (TPSA) is 50.9 Å². The summed E-state index contributed by atoms with van der Waals surface area (Å²) in [6, 6.07) is 0. The number of rotatable bonds is 4. The van der Waals surface area contributed by atoms with Crippen molar-refractivity contribution in [2.24, 2.45) is 0 Å². The van der Waals surface area contributed by atoms with Gasteiger partial charge in [-0.3, -0.25) is 4.68 Å². The lowest BCUT2D eigenvalue weighted by atomic mass is 9.99. The molecule has 0 fully saturated rings. The van der Waals surface area contributed by atoms with Crippen molar-refractivity contribution in [1.82, 2.24) is 14.8 Å². The number of aromatic nitrogens is 3.